The molecule has 0 aliphatic rings. The van der Waals surface area contributed by atoms with Crippen molar-refractivity contribution in [3.8, 4) is 23.0 Å². The Morgan fingerprint density at radius 2 is 1.96 bits per heavy atom. The number of halogens is 2. The lowest BCUT2D eigenvalue weighted by Gasteiger charge is -2.11. The molecular weight excluding hydrogens is 358 g/mol. The van der Waals surface area contributed by atoms with Crippen LogP contribution in [0.15, 0.2) is 28.7 Å². The molecule has 0 unspecified atom stereocenters. The van der Waals surface area contributed by atoms with E-state index in [1.807, 2.05) is 24.6 Å². The average molecular weight is 378 g/mol. The minimum Gasteiger partial charge on any atom is -0.490 e. The zero-order valence-electron chi connectivity index (χ0n) is 15.3. The normalized spacial score (nSPS) is 11.2. The second kappa shape index (κ2) is 8.15. The van der Waals surface area contributed by atoms with Gasteiger partial charge in [0, 0.05) is 24.2 Å². The Morgan fingerprint density at radius 3 is 2.63 bits per heavy atom. The molecule has 0 aliphatic heterocycles. The van der Waals surface area contributed by atoms with Gasteiger partial charge in [-0.3, -0.25) is 4.68 Å². The van der Waals surface area contributed by atoms with Gasteiger partial charge in [-0.25, -0.2) is 0 Å². The molecule has 2 heterocycles. The molecule has 0 atom stereocenters. The number of alkyl halides is 2. The maximum atomic E-state index is 12.5. The molecule has 9 heteroatoms. The summed E-state index contributed by atoms with van der Waals surface area (Å²) in [6.45, 7) is 3.67. The van der Waals surface area contributed by atoms with Crippen molar-refractivity contribution in [2.75, 3.05) is 6.61 Å². The Kier molecular flexibility index (Phi) is 5.68. The molecule has 3 aromatic rings. The van der Waals surface area contributed by atoms with Gasteiger partial charge >= 0.3 is 6.61 Å². The van der Waals surface area contributed by atoms with Crippen LogP contribution in [0.5, 0.6) is 11.5 Å². The van der Waals surface area contributed by atoms with Crippen molar-refractivity contribution in [1.82, 2.24) is 20.0 Å². The molecule has 144 valence electrons. The molecule has 0 amide bonds. The van der Waals surface area contributed by atoms with Crippen LogP contribution < -0.4 is 9.47 Å². The molecule has 0 spiro atoms. The first kappa shape index (κ1) is 18.8. The van der Waals surface area contributed by atoms with Crippen LogP contribution in [0.3, 0.4) is 0 Å². The molecule has 0 bridgehead atoms. The first-order valence-electron chi connectivity index (χ1n) is 8.51. The lowest BCUT2D eigenvalue weighted by Crippen LogP contribution is -2.05. The van der Waals surface area contributed by atoms with Gasteiger partial charge in [-0.1, -0.05) is 0 Å². The molecule has 0 saturated heterocycles. The van der Waals surface area contributed by atoms with E-state index >= 15 is 0 Å². The molecule has 2 aromatic heterocycles. The van der Waals surface area contributed by atoms with Crippen LogP contribution in [-0.2, 0) is 13.0 Å². The van der Waals surface area contributed by atoms with E-state index in [1.54, 1.807) is 19.1 Å². The van der Waals surface area contributed by atoms with Crippen molar-refractivity contribution in [2.45, 2.75) is 40.3 Å². The molecule has 1 aromatic carbocycles. The van der Waals surface area contributed by atoms with Crippen LogP contribution >= 0.6 is 0 Å². The fourth-order valence-electron chi connectivity index (χ4n) is 2.68. The van der Waals surface area contributed by atoms with E-state index in [9.17, 15) is 8.78 Å². The molecular formula is C18H20F2N4O3. The predicted molar refractivity (Wildman–Crippen MR) is 92.9 cm³/mol. The minimum atomic E-state index is -2.93. The van der Waals surface area contributed by atoms with Crippen molar-refractivity contribution >= 4 is 0 Å². The number of benzene rings is 1. The summed E-state index contributed by atoms with van der Waals surface area (Å²) in [7, 11) is 0. The summed E-state index contributed by atoms with van der Waals surface area (Å²) in [5.41, 5.74) is 2.57. The molecule has 0 saturated carbocycles. The molecule has 7 nitrogen and oxygen atoms in total. The second-order valence-electron chi connectivity index (χ2n) is 5.87. The minimum absolute atomic E-state index is 0.0418. The zero-order valence-corrected chi connectivity index (χ0v) is 15.3. The van der Waals surface area contributed by atoms with Gasteiger partial charge in [0.2, 0.25) is 11.8 Å². The van der Waals surface area contributed by atoms with Gasteiger partial charge < -0.3 is 13.9 Å². The van der Waals surface area contributed by atoms with Crippen molar-refractivity contribution < 1.29 is 22.7 Å². The average Bonchev–Trinajstić information content (AvgIpc) is 3.20. The molecule has 3 rings (SSSR count). The maximum Gasteiger partial charge on any atom is 0.387 e. The number of ether oxygens (including phenoxy) is 2. The van der Waals surface area contributed by atoms with Crippen LogP contribution in [0.25, 0.3) is 11.5 Å². The number of hydrogen-bond donors (Lipinski definition) is 0. The Bertz CT molecular complexity index is 908. The molecule has 0 aliphatic carbocycles. The van der Waals surface area contributed by atoms with Gasteiger partial charge in [-0.2, -0.15) is 13.9 Å². The number of rotatable bonds is 8. The summed E-state index contributed by atoms with van der Waals surface area (Å²) in [6.07, 6.45) is 0.528. The van der Waals surface area contributed by atoms with E-state index in [-0.39, 0.29) is 17.4 Å². The van der Waals surface area contributed by atoms with E-state index in [1.165, 1.54) is 6.07 Å². The van der Waals surface area contributed by atoms with Crippen molar-refractivity contribution in [3.05, 3.63) is 41.5 Å². The largest absolute Gasteiger partial charge is 0.490 e. The topological polar surface area (TPSA) is 75.2 Å². The molecule has 0 N–H and O–H groups in total. The Labute approximate surface area is 154 Å². The Hall–Kier alpha value is -2.97. The fourth-order valence-corrected chi connectivity index (χ4v) is 2.68. The highest BCUT2D eigenvalue weighted by Crippen LogP contribution is 2.33. The quantitative estimate of drug-likeness (QED) is 0.594. The van der Waals surface area contributed by atoms with E-state index in [0.717, 1.165) is 11.4 Å². The number of nitrogens with zero attached hydrogens (tertiary/aromatic N) is 4. The SMILES string of the molecule is CCOc1cc(-c2nnc(CCn3nc(C)cc3C)o2)ccc1OC(F)F. The van der Waals surface area contributed by atoms with Gasteiger partial charge in [0.05, 0.1) is 12.3 Å². The van der Waals surface area contributed by atoms with Crippen LogP contribution in [0.2, 0.25) is 0 Å². The highest BCUT2D eigenvalue weighted by molar-refractivity contribution is 5.59. The van der Waals surface area contributed by atoms with E-state index < -0.39 is 6.61 Å². The van der Waals surface area contributed by atoms with E-state index in [2.05, 4.69) is 20.0 Å². The zero-order chi connectivity index (χ0) is 19.4. The third kappa shape index (κ3) is 4.60. The third-order valence-corrected chi connectivity index (χ3v) is 3.81. The fraction of sp³-hybridized carbons (Fsp3) is 0.389. The lowest BCUT2D eigenvalue weighted by atomic mass is 10.2. The Balaban J connectivity index is 1.75. The van der Waals surface area contributed by atoms with Crippen LogP contribution in [0.4, 0.5) is 8.78 Å². The maximum absolute atomic E-state index is 12.5. The number of aromatic nitrogens is 4. The first-order chi connectivity index (χ1) is 13.0. The van der Waals surface area contributed by atoms with Crippen LogP contribution in [0, 0.1) is 13.8 Å². The van der Waals surface area contributed by atoms with Crippen molar-refractivity contribution in [2.24, 2.45) is 0 Å². The third-order valence-electron chi connectivity index (χ3n) is 3.81. The summed E-state index contributed by atoms with van der Waals surface area (Å²) < 4.78 is 42.4. The molecule has 0 radical (unpaired) electrons. The lowest BCUT2D eigenvalue weighted by molar-refractivity contribution is -0.0514. The van der Waals surface area contributed by atoms with Crippen molar-refractivity contribution in [1.29, 1.82) is 0 Å². The van der Waals surface area contributed by atoms with Gasteiger partial charge in [-0.15, -0.1) is 10.2 Å². The summed E-state index contributed by atoms with van der Waals surface area (Å²) in [4.78, 5) is 0. The highest BCUT2D eigenvalue weighted by Gasteiger charge is 2.15. The Morgan fingerprint density at radius 1 is 1.15 bits per heavy atom. The number of aryl methyl sites for hydroxylation is 4. The highest BCUT2D eigenvalue weighted by atomic mass is 19.3. The molecule has 27 heavy (non-hydrogen) atoms. The van der Waals surface area contributed by atoms with Crippen LogP contribution in [0.1, 0.15) is 24.2 Å². The van der Waals surface area contributed by atoms with E-state index in [4.69, 9.17) is 9.15 Å². The standard InChI is InChI=1S/C18H20F2N4O3/c1-4-25-15-10-13(5-6-14(15)26-18(19)20)17-22-21-16(27-17)7-8-24-12(3)9-11(2)23-24/h5-6,9-10,18H,4,7-8H2,1-3H3. The number of hydrogen-bond acceptors (Lipinski definition) is 6. The predicted octanol–water partition coefficient (Wildman–Crippen LogP) is 3.79. The summed E-state index contributed by atoms with van der Waals surface area (Å²) >= 11 is 0. The first-order valence-corrected chi connectivity index (χ1v) is 8.51. The summed E-state index contributed by atoms with van der Waals surface area (Å²) in [5.74, 6) is 0.892. The van der Waals surface area contributed by atoms with Gasteiger partial charge in [0.15, 0.2) is 11.5 Å². The van der Waals surface area contributed by atoms with Crippen LogP contribution in [-0.4, -0.2) is 33.2 Å². The second-order valence-corrected chi connectivity index (χ2v) is 5.87. The molecule has 0 fully saturated rings. The van der Waals surface area contributed by atoms with E-state index in [0.29, 0.717) is 31.0 Å². The summed E-state index contributed by atoms with van der Waals surface area (Å²) in [6, 6.07) is 6.50. The monoisotopic (exact) mass is 378 g/mol. The van der Waals surface area contributed by atoms with Gasteiger partial charge in [-0.05, 0) is 45.0 Å². The van der Waals surface area contributed by atoms with Gasteiger partial charge in [0.1, 0.15) is 0 Å². The van der Waals surface area contributed by atoms with Crippen molar-refractivity contribution in [3.63, 3.8) is 0 Å². The summed E-state index contributed by atoms with van der Waals surface area (Å²) in [5, 5.41) is 12.5. The van der Waals surface area contributed by atoms with Gasteiger partial charge in [0.25, 0.3) is 0 Å². The smallest absolute Gasteiger partial charge is 0.387 e.